The van der Waals surface area contributed by atoms with Gasteiger partial charge in [-0.25, -0.2) is 0 Å². The van der Waals surface area contributed by atoms with Crippen LogP contribution in [0.1, 0.15) is 11.7 Å². The first-order valence-electron chi connectivity index (χ1n) is 6.71. The van der Waals surface area contributed by atoms with Crippen molar-refractivity contribution in [1.29, 1.82) is 0 Å². The van der Waals surface area contributed by atoms with Gasteiger partial charge in [-0.2, -0.15) is 0 Å². The number of hydrogen-bond acceptors (Lipinski definition) is 4. The van der Waals surface area contributed by atoms with Crippen LogP contribution in [0.4, 0.5) is 0 Å². The number of rotatable bonds is 2. The van der Waals surface area contributed by atoms with E-state index >= 15 is 0 Å². The Bertz CT molecular complexity index is 494. The first-order chi connectivity index (χ1) is 9.75. The summed E-state index contributed by atoms with van der Waals surface area (Å²) in [5.74, 6) is 1.89. The van der Waals surface area contributed by atoms with Crippen molar-refractivity contribution in [3.63, 3.8) is 0 Å². The molecular formula is C14H17ClN2O2S. The van der Waals surface area contributed by atoms with Crippen molar-refractivity contribution in [3.05, 3.63) is 34.9 Å². The monoisotopic (exact) mass is 312 g/mol. The number of carbonyl (C=O) groups is 1. The molecule has 20 heavy (non-hydrogen) atoms. The predicted octanol–water partition coefficient (Wildman–Crippen LogP) is 1.90. The lowest BCUT2D eigenvalue weighted by atomic mass is 10.1. The van der Waals surface area contributed by atoms with E-state index in [1.807, 2.05) is 29.2 Å². The van der Waals surface area contributed by atoms with Gasteiger partial charge in [-0.05, 0) is 6.07 Å². The molecule has 2 aliphatic rings. The standard InChI is InChI=1S/C14H17ClN2O2S/c15-11-4-2-1-3-10(11)13-7-17(5-6-19-13)14(18)12-8-20-9-16-12/h1-4,12-13,16H,5-9H2/t12-,13-/m1/s1. The molecule has 2 heterocycles. The van der Waals surface area contributed by atoms with Gasteiger partial charge in [-0.3, -0.25) is 10.1 Å². The van der Waals surface area contributed by atoms with E-state index in [-0.39, 0.29) is 18.1 Å². The second-order valence-corrected chi connectivity index (χ2v) is 6.37. The zero-order valence-corrected chi connectivity index (χ0v) is 12.6. The number of amides is 1. The largest absolute Gasteiger partial charge is 0.370 e. The first-order valence-corrected chi connectivity index (χ1v) is 8.25. The molecule has 1 aromatic rings. The Kier molecular flexibility index (Phi) is 4.51. The van der Waals surface area contributed by atoms with E-state index in [1.54, 1.807) is 11.8 Å². The highest BCUT2D eigenvalue weighted by Gasteiger charge is 2.32. The topological polar surface area (TPSA) is 41.6 Å². The lowest BCUT2D eigenvalue weighted by molar-refractivity contribution is -0.140. The summed E-state index contributed by atoms with van der Waals surface area (Å²) >= 11 is 7.98. The maximum absolute atomic E-state index is 12.4. The number of benzene rings is 1. The van der Waals surface area contributed by atoms with E-state index in [0.717, 1.165) is 17.2 Å². The highest BCUT2D eigenvalue weighted by molar-refractivity contribution is 7.99. The van der Waals surface area contributed by atoms with Crippen LogP contribution in [0, 0.1) is 0 Å². The Hall–Kier alpha value is -0.750. The summed E-state index contributed by atoms with van der Waals surface area (Å²) in [6.45, 7) is 1.79. The Labute approximate surface area is 127 Å². The third kappa shape index (κ3) is 2.96. The van der Waals surface area contributed by atoms with Gasteiger partial charge in [0.25, 0.3) is 0 Å². The van der Waals surface area contributed by atoms with Crippen LogP contribution in [-0.4, -0.2) is 48.2 Å². The lowest BCUT2D eigenvalue weighted by Crippen LogP contribution is -2.50. The highest BCUT2D eigenvalue weighted by Crippen LogP contribution is 2.28. The lowest BCUT2D eigenvalue weighted by Gasteiger charge is -2.34. The molecule has 1 amide bonds. The van der Waals surface area contributed by atoms with Crippen molar-refractivity contribution in [2.24, 2.45) is 0 Å². The number of ether oxygens (including phenoxy) is 1. The molecule has 1 aromatic carbocycles. The van der Waals surface area contributed by atoms with E-state index < -0.39 is 0 Å². The van der Waals surface area contributed by atoms with Gasteiger partial charge in [0.1, 0.15) is 6.10 Å². The molecule has 3 rings (SSSR count). The summed E-state index contributed by atoms with van der Waals surface area (Å²) in [6.07, 6.45) is -0.129. The average molecular weight is 313 g/mol. The summed E-state index contributed by atoms with van der Waals surface area (Å²) < 4.78 is 5.78. The van der Waals surface area contributed by atoms with Gasteiger partial charge in [0, 0.05) is 28.8 Å². The van der Waals surface area contributed by atoms with Crippen LogP contribution in [-0.2, 0) is 9.53 Å². The van der Waals surface area contributed by atoms with Crippen LogP contribution < -0.4 is 5.32 Å². The van der Waals surface area contributed by atoms with E-state index in [1.165, 1.54) is 0 Å². The fourth-order valence-electron chi connectivity index (χ4n) is 2.55. The number of hydrogen-bond donors (Lipinski definition) is 1. The summed E-state index contributed by atoms with van der Waals surface area (Å²) in [7, 11) is 0. The molecule has 0 spiro atoms. The minimum absolute atomic E-state index is 0.0509. The molecule has 0 bridgehead atoms. The maximum Gasteiger partial charge on any atom is 0.240 e. The smallest absolute Gasteiger partial charge is 0.240 e. The summed E-state index contributed by atoms with van der Waals surface area (Å²) in [4.78, 5) is 14.3. The molecule has 6 heteroatoms. The van der Waals surface area contributed by atoms with Gasteiger partial charge in [0.05, 0.1) is 19.2 Å². The highest BCUT2D eigenvalue weighted by atomic mass is 35.5. The van der Waals surface area contributed by atoms with Gasteiger partial charge in [-0.1, -0.05) is 29.8 Å². The molecule has 0 unspecified atom stereocenters. The molecule has 0 aliphatic carbocycles. The van der Waals surface area contributed by atoms with Crippen molar-refractivity contribution in [2.45, 2.75) is 12.1 Å². The number of thioether (sulfide) groups is 1. The van der Waals surface area contributed by atoms with E-state index in [2.05, 4.69) is 5.32 Å². The summed E-state index contributed by atoms with van der Waals surface area (Å²) in [5, 5.41) is 3.92. The fourth-order valence-corrected chi connectivity index (χ4v) is 3.74. The van der Waals surface area contributed by atoms with Crippen LogP contribution >= 0.6 is 23.4 Å². The minimum atomic E-state index is -0.129. The molecule has 108 valence electrons. The Morgan fingerprint density at radius 3 is 3.05 bits per heavy atom. The molecule has 0 saturated carbocycles. The van der Waals surface area contributed by atoms with Crippen LogP contribution in [0.25, 0.3) is 0 Å². The number of nitrogens with zero attached hydrogens (tertiary/aromatic N) is 1. The average Bonchev–Trinajstić information content (AvgIpc) is 3.01. The summed E-state index contributed by atoms with van der Waals surface area (Å²) in [6, 6.07) is 7.61. The molecule has 2 fully saturated rings. The van der Waals surface area contributed by atoms with Gasteiger partial charge < -0.3 is 9.64 Å². The number of carbonyl (C=O) groups excluding carboxylic acids is 1. The molecule has 0 aromatic heterocycles. The van der Waals surface area contributed by atoms with Crippen LogP contribution in [0.5, 0.6) is 0 Å². The van der Waals surface area contributed by atoms with Gasteiger partial charge in [0.2, 0.25) is 5.91 Å². The third-order valence-corrected chi connectivity index (χ3v) is 4.93. The van der Waals surface area contributed by atoms with Crippen LogP contribution in [0.15, 0.2) is 24.3 Å². The molecular weight excluding hydrogens is 296 g/mol. The maximum atomic E-state index is 12.4. The second kappa shape index (κ2) is 6.35. The quantitative estimate of drug-likeness (QED) is 0.905. The van der Waals surface area contributed by atoms with Crippen LogP contribution in [0.2, 0.25) is 5.02 Å². The SMILES string of the molecule is O=C([C@H]1CSCN1)N1CCO[C@@H](c2ccccc2Cl)C1. The number of nitrogens with one attached hydrogen (secondary N) is 1. The predicted molar refractivity (Wildman–Crippen MR) is 81.0 cm³/mol. The van der Waals surface area contributed by atoms with E-state index in [0.29, 0.717) is 24.7 Å². The van der Waals surface area contributed by atoms with Crippen LogP contribution in [0.3, 0.4) is 0 Å². The van der Waals surface area contributed by atoms with E-state index in [9.17, 15) is 4.79 Å². The van der Waals surface area contributed by atoms with E-state index in [4.69, 9.17) is 16.3 Å². The Morgan fingerprint density at radius 2 is 2.30 bits per heavy atom. The second-order valence-electron chi connectivity index (χ2n) is 4.94. The molecule has 2 saturated heterocycles. The van der Waals surface area contributed by atoms with Gasteiger partial charge in [0.15, 0.2) is 0 Å². The van der Waals surface area contributed by atoms with Crippen molar-refractivity contribution < 1.29 is 9.53 Å². The Balaban J connectivity index is 1.70. The van der Waals surface area contributed by atoms with Crippen molar-refractivity contribution >= 4 is 29.3 Å². The minimum Gasteiger partial charge on any atom is -0.370 e. The van der Waals surface area contributed by atoms with Crippen molar-refractivity contribution in [3.8, 4) is 0 Å². The molecule has 2 atom stereocenters. The molecule has 0 radical (unpaired) electrons. The zero-order valence-electron chi connectivity index (χ0n) is 11.0. The Morgan fingerprint density at radius 1 is 1.45 bits per heavy atom. The zero-order chi connectivity index (χ0) is 13.9. The first kappa shape index (κ1) is 14.2. The van der Waals surface area contributed by atoms with Gasteiger partial charge in [-0.15, -0.1) is 11.8 Å². The molecule has 4 nitrogen and oxygen atoms in total. The number of halogens is 1. The summed E-state index contributed by atoms with van der Waals surface area (Å²) in [5.41, 5.74) is 0.959. The third-order valence-electron chi connectivity index (χ3n) is 3.64. The van der Waals surface area contributed by atoms with Gasteiger partial charge >= 0.3 is 0 Å². The normalized spacial score (nSPS) is 26.8. The molecule has 1 N–H and O–H groups in total. The fraction of sp³-hybridized carbons (Fsp3) is 0.500. The molecule has 2 aliphatic heterocycles. The van der Waals surface area contributed by atoms with Crippen molar-refractivity contribution in [1.82, 2.24) is 10.2 Å². The number of morpholine rings is 1. The van der Waals surface area contributed by atoms with Crippen molar-refractivity contribution in [2.75, 3.05) is 31.3 Å².